The summed E-state index contributed by atoms with van der Waals surface area (Å²) in [5.41, 5.74) is 1.13. The second kappa shape index (κ2) is 7.84. The normalized spacial score (nSPS) is 17.4. The van der Waals surface area contributed by atoms with Crippen LogP contribution >= 0.6 is 11.8 Å². The second-order valence-corrected chi connectivity index (χ2v) is 7.48. The van der Waals surface area contributed by atoms with Crippen LogP contribution in [-0.2, 0) is 12.6 Å². The molecule has 1 saturated heterocycles. The van der Waals surface area contributed by atoms with Crippen molar-refractivity contribution in [3.63, 3.8) is 0 Å². The van der Waals surface area contributed by atoms with E-state index in [2.05, 4.69) is 10.4 Å². The van der Waals surface area contributed by atoms with Gasteiger partial charge in [-0.15, -0.1) is 0 Å². The number of likely N-dealkylation sites (tertiary alicyclic amines) is 1. The minimum Gasteiger partial charge on any atom is -0.323 e. The van der Waals surface area contributed by atoms with Crippen LogP contribution in [0.1, 0.15) is 24.6 Å². The van der Waals surface area contributed by atoms with Crippen LogP contribution in [0.5, 0.6) is 0 Å². The van der Waals surface area contributed by atoms with Crippen LogP contribution in [0.15, 0.2) is 30.5 Å². The summed E-state index contributed by atoms with van der Waals surface area (Å²) >= 11 is 1.75. The molecule has 146 valence electrons. The molecule has 0 radical (unpaired) electrons. The van der Waals surface area contributed by atoms with Gasteiger partial charge in [-0.25, -0.2) is 9.48 Å². The highest BCUT2D eigenvalue weighted by Gasteiger charge is 2.30. The molecule has 1 N–H and O–H groups in total. The van der Waals surface area contributed by atoms with Gasteiger partial charge >= 0.3 is 12.2 Å². The number of urea groups is 1. The molecule has 27 heavy (non-hydrogen) atoms. The van der Waals surface area contributed by atoms with Crippen molar-refractivity contribution in [2.24, 2.45) is 0 Å². The average molecular weight is 398 g/mol. The van der Waals surface area contributed by atoms with Gasteiger partial charge in [-0.2, -0.15) is 30.0 Å². The Morgan fingerprint density at radius 2 is 2.04 bits per heavy atom. The molecule has 1 aliphatic rings. The molecule has 9 heteroatoms. The highest BCUT2D eigenvalue weighted by Crippen LogP contribution is 2.30. The van der Waals surface area contributed by atoms with Gasteiger partial charge in [-0.05, 0) is 43.4 Å². The largest absolute Gasteiger partial charge is 0.416 e. The third-order valence-corrected chi connectivity index (χ3v) is 5.70. The second-order valence-electron chi connectivity index (χ2n) is 6.34. The quantitative estimate of drug-likeness (QED) is 0.829. The molecule has 2 amide bonds. The van der Waals surface area contributed by atoms with Gasteiger partial charge < -0.3 is 10.2 Å². The summed E-state index contributed by atoms with van der Waals surface area (Å²) in [7, 11) is 0. The van der Waals surface area contributed by atoms with E-state index < -0.39 is 11.7 Å². The number of carbonyl (C=O) groups is 1. The summed E-state index contributed by atoms with van der Waals surface area (Å²) in [6, 6.07) is 4.64. The molecule has 1 fully saturated rings. The van der Waals surface area contributed by atoms with Crippen molar-refractivity contribution in [1.82, 2.24) is 14.7 Å². The van der Waals surface area contributed by atoms with E-state index in [1.807, 2.05) is 13.2 Å². The summed E-state index contributed by atoms with van der Waals surface area (Å²) in [5, 5.41) is 7.60. The number of nitrogens with zero attached hydrogens (tertiary/aromatic N) is 3. The van der Waals surface area contributed by atoms with Gasteiger partial charge in [0.15, 0.2) is 0 Å². The molecule has 0 spiro atoms. The molecule has 1 aliphatic heterocycles. The lowest BCUT2D eigenvalue weighted by Crippen LogP contribution is -2.33. The minimum absolute atomic E-state index is 0.173. The summed E-state index contributed by atoms with van der Waals surface area (Å²) in [6.45, 7) is 3.33. The van der Waals surface area contributed by atoms with Crippen LogP contribution in [0, 0.1) is 0 Å². The van der Waals surface area contributed by atoms with E-state index in [1.54, 1.807) is 21.3 Å². The lowest BCUT2D eigenvalue weighted by molar-refractivity contribution is -0.137. The molecular formula is C18H21F3N4OS. The van der Waals surface area contributed by atoms with E-state index >= 15 is 0 Å². The number of thioether (sulfide) groups is 1. The lowest BCUT2D eigenvalue weighted by Gasteiger charge is -2.17. The van der Waals surface area contributed by atoms with Crippen molar-refractivity contribution in [2.45, 2.75) is 31.2 Å². The number of aromatic nitrogens is 2. The highest BCUT2D eigenvalue weighted by molar-refractivity contribution is 7.99. The molecule has 0 saturated carbocycles. The van der Waals surface area contributed by atoms with Crippen molar-refractivity contribution in [1.29, 1.82) is 0 Å². The van der Waals surface area contributed by atoms with E-state index in [9.17, 15) is 18.0 Å². The van der Waals surface area contributed by atoms with Gasteiger partial charge in [0.2, 0.25) is 0 Å². The SMILES string of the molecule is CCc1c(NC(=O)N2CCC(SC)C2)cnn1-c1ccc(C(F)(F)F)cc1. The standard InChI is InChI=1S/C18H21F3N4OS/c1-3-16-15(23-17(26)24-9-8-14(11-24)27-2)10-22-25(16)13-6-4-12(5-7-13)18(19,20)21/h4-7,10,14H,3,8-9,11H2,1-2H3,(H,23,26). The number of carbonyl (C=O) groups excluding carboxylic acids is 1. The molecule has 2 heterocycles. The maximum atomic E-state index is 12.7. The molecule has 0 bridgehead atoms. The van der Waals surface area contributed by atoms with Gasteiger partial charge in [0.05, 0.1) is 28.8 Å². The number of nitrogens with one attached hydrogen (secondary N) is 1. The zero-order chi connectivity index (χ0) is 19.6. The Balaban J connectivity index is 1.78. The number of rotatable bonds is 4. The minimum atomic E-state index is -4.38. The van der Waals surface area contributed by atoms with E-state index in [0.29, 0.717) is 36.1 Å². The fraction of sp³-hybridized carbons (Fsp3) is 0.444. The van der Waals surface area contributed by atoms with Gasteiger partial charge in [0.25, 0.3) is 0 Å². The van der Waals surface area contributed by atoms with Crippen molar-refractivity contribution >= 4 is 23.5 Å². The Morgan fingerprint density at radius 3 is 2.59 bits per heavy atom. The van der Waals surface area contributed by atoms with Crippen LogP contribution in [-0.4, -0.2) is 45.3 Å². The van der Waals surface area contributed by atoms with E-state index in [1.165, 1.54) is 18.3 Å². The van der Waals surface area contributed by atoms with Crippen molar-refractivity contribution in [3.8, 4) is 5.69 Å². The zero-order valence-electron chi connectivity index (χ0n) is 15.1. The molecular weight excluding hydrogens is 377 g/mol. The van der Waals surface area contributed by atoms with Gasteiger partial charge in [-0.1, -0.05) is 6.92 Å². The summed E-state index contributed by atoms with van der Waals surface area (Å²) in [4.78, 5) is 14.3. The molecule has 0 aliphatic carbocycles. The molecule has 3 rings (SSSR count). The van der Waals surface area contributed by atoms with E-state index in [0.717, 1.165) is 24.2 Å². The first-order chi connectivity index (χ1) is 12.8. The first kappa shape index (κ1) is 19.6. The summed E-state index contributed by atoms with van der Waals surface area (Å²) in [5.74, 6) is 0. The summed E-state index contributed by atoms with van der Waals surface area (Å²) < 4.78 is 39.8. The fourth-order valence-corrected chi connectivity index (χ4v) is 3.80. The van der Waals surface area contributed by atoms with E-state index in [4.69, 9.17) is 0 Å². The first-order valence-electron chi connectivity index (χ1n) is 8.66. The zero-order valence-corrected chi connectivity index (χ0v) is 15.9. The third-order valence-electron chi connectivity index (χ3n) is 4.65. The van der Waals surface area contributed by atoms with Crippen LogP contribution < -0.4 is 5.32 Å². The molecule has 1 atom stereocenters. The molecule has 5 nitrogen and oxygen atoms in total. The lowest BCUT2D eigenvalue weighted by atomic mass is 10.2. The van der Waals surface area contributed by atoms with Crippen molar-refractivity contribution in [3.05, 3.63) is 41.7 Å². The first-order valence-corrected chi connectivity index (χ1v) is 9.95. The number of amides is 2. The monoisotopic (exact) mass is 398 g/mol. The Labute approximate surface area is 159 Å². The van der Waals surface area contributed by atoms with Gasteiger partial charge in [-0.3, -0.25) is 0 Å². The highest BCUT2D eigenvalue weighted by atomic mass is 32.2. The van der Waals surface area contributed by atoms with Crippen LogP contribution in [0.2, 0.25) is 0 Å². The van der Waals surface area contributed by atoms with Crippen molar-refractivity contribution in [2.75, 3.05) is 24.7 Å². The van der Waals surface area contributed by atoms with Crippen LogP contribution in [0.3, 0.4) is 0 Å². The van der Waals surface area contributed by atoms with Gasteiger partial charge in [0, 0.05) is 18.3 Å². The Bertz CT molecular complexity index is 804. The molecule has 1 aromatic heterocycles. The van der Waals surface area contributed by atoms with Gasteiger partial charge in [0.1, 0.15) is 0 Å². The fourth-order valence-electron chi connectivity index (χ4n) is 3.13. The Hall–Kier alpha value is -2.16. The molecule has 1 aromatic carbocycles. The predicted molar refractivity (Wildman–Crippen MR) is 100 cm³/mol. The predicted octanol–water partition coefficient (Wildman–Crippen LogP) is 4.42. The number of anilines is 1. The summed E-state index contributed by atoms with van der Waals surface area (Å²) in [6.07, 6.45) is 0.746. The topological polar surface area (TPSA) is 50.2 Å². The number of alkyl halides is 3. The maximum Gasteiger partial charge on any atom is 0.416 e. The number of benzene rings is 1. The van der Waals surface area contributed by atoms with Crippen LogP contribution in [0.4, 0.5) is 23.7 Å². The number of hydrogen-bond acceptors (Lipinski definition) is 3. The molecule has 1 unspecified atom stereocenters. The average Bonchev–Trinajstić information content (AvgIpc) is 3.27. The Kier molecular flexibility index (Phi) is 5.69. The molecule has 2 aromatic rings. The third kappa shape index (κ3) is 4.23. The van der Waals surface area contributed by atoms with Crippen molar-refractivity contribution < 1.29 is 18.0 Å². The van der Waals surface area contributed by atoms with E-state index in [-0.39, 0.29) is 6.03 Å². The van der Waals surface area contributed by atoms with Crippen LogP contribution in [0.25, 0.3) is 5.69 Å². The smallest absolute Gasteiger partial charge is 0.323 e. The number of hydrogen-bond donors (Lipinski definition) is 1. The number of halogens is 3. The maximum absolute atomic E-state index is 12.7. The Morgan fingerprint density at radius 1 is 1.33 bits per heavy atom.